The summed E-state index contributed by atoms with van der Waals surface area (Å²) >= 11 is 0. The number of H-pyrrole nitrogens is 1. The van der Waals surface area contributed by atoms with Crippen LogP contribution in [0.2, 0.25) is 0 Å². The number of fused-ring (bicyclic) bond motifs is 3. The smallest absolute Gasteiger partial charge is 0.269 e. The minimum absolute atomic E-state index is 0.139. The molecule has 0 spiro atoms. The van der Waals surface area contributed by atoms with Crippen molar-refractivity contribution in [3.05, 3.63) is 54.6 Å². The molecule has 1 atom stereocenters. The van der Waals surface area contributed by atoms with Crippen molar-refractivity contribution in [1.29, 1.82) is 0 Å². The maximum atomic E-state index is 13.1. The zero-order valence-electron chi connectivity index (χ0n) is 18.1. The molecule has 11 heteroatoms. The molecule has 1 aliphatic rings. The predicted octanol–water partition coefficient (Wildman–Crippen LogP) is 3.32. The molecule has 3 aromatic heterocycles. The minimum Gasteiger partial charge on any atom is -0.339 e. The fourth-order valence-corrected chi connectivity index (χ4v) is 6.76. The van der Waals surface area contributed by atoms with Crippen LogP contribution in [0, 0.1) is 5.92 Å². The van der Waals surface area contributed by atoms with Gasteiger partial charge in [0.1, 0.15) is 11.3 Å². The SMILES string of the molecule is CS(=O)(=O)NC(c1nc2c(cnc3c2ccn3S(=O)(=O)c2ccccc2)[nH]1)C1CCCCC1. The quantitative estimate of drug-likeness (QED) is 0.430. The van der Waals surface area contributed by atoms with E-state index in [9.17, 15) is 16.8 Å². The van der Waals surface area contributed by atoms with Crippen LogP contribution >= 0.6 is 0 Å². The third-order valence-electron chi connectivity index (χ3n) is 6.20. The van der Waals surface area contributed by atoms with E-state index in [0.29, 0.717) is 22.2 Å². The van der Waals surface area contributed by atoms with Gasteiger partial charge >= 0.3 is 0 Å². The normalized spacial score (nSPS) is 17.0. The summed E-state index contributed by atoms with van der Waals surface area (Å²) in [6, 6.07) is 9.38. The second-order valence-electron chi connectivity index (χ2n) is 8.58. The molecule has 0 saturated heterocycles. The maximum absolute atomic E-state index is 13.1. The van der Waals surface area contributed by atoms with Crippen molar-refractivity contribution in [2.24, 2.45) is 5.92 Å². The summed E-state index contributed by atoms with van der Waals surface area (Å²) in [5.74, 6) is 0.663. The largest absolute Gasteiger partial charge is 0.339 e. The third-order valence-corrected chi connectivity index (χ3v) is 8.57. The van der Waals surface area contributed by atoms with E-state index >= 15 is 0 Å². The number of hydrogen-bond donors (Lipinski definition) is 2. The number of rotatable bonds is 6. The van der Waals surface area contributed by atoms with Gasteiger partial charge in [0, 0.05) is 11.6 Å². The van der Waals surface area contributed by atoms with Gasteiger partial charge in [-0.15, -0.1) is 0 Å². The molecular weight excluding hydrogens is 462 g/mol. The van der Waals surface area contributed by atoms with Crippen LogP contribution in [0.1, 0.15) is 44.0 Å². The van der Waals surface area contributed by atoms with Crippen LogP contribution in [0.3, 0.4) is 0 Å². The first kappa shape index (κ1) is 22.1. The van der Waals surface area contributed by atoms with Gasteiger partial charge in [-0.3, -0.25) is 0 Å². The van der Waals surface area contributed by atoms with Crippen LogP contribution in [0.4, 0.5) is 0 Å². The van der Waals surface area contributed by atoms with Crippen LogP contribution < -0.4 is 4.72 Å². The number of imidazole rings is 1. The summed E-state index contributed by atoms with van der Waals surface area (Å²) in [5.41, 5.74) is 1.46. The van der Waals surface area contributed by atoms with E-state index in [0.717, 1.165) is 42.3 Å². The molecule has 0 aliphatic heterocycles. The first-order valence-electron chi connectivity index (χ1n) is 10.9. The highest BCUT2D eigenvalue weighted by molar-refractivity contribution is 7.90. The molecule has 33 heavy (non-hydrogen) atoms. The first-order valence-corrected chi connectivity index (χ1v) is 14.2. The first-order chi connectivity index (χ1) is 15.7. The molecule has 3 heterocycles. The highest BCUT2D eigenvalue weighted by atomic mass is 32.2. The third kappa shape index (κ3) is 4.16. The van der Waals surface area contributed by atoms with Crippen molar-refractivity contribution < 1.29 is 16.8 Å². The van der Waals surface area contributed by atoms with E-state index in [-0.39, 0.29) is 16.5 Å². The minimum atomic E-state index is -3.82. The van der Waals surface area contributed by atoms with Gasteiger partial charge in [-0.25, -0.2) is 35.5 Å². The molecule has 174 valence electrons. The second-order valence-corrected chi connectivity index (χ2v) is 12.2. The topological polar surface area (TPSA) is 127 Å². The monoisotopic (exact) mass is 487 g/mol. The average Bonchev–Trinajstić information content (AvgIpc) is 3.42. The van der Waals surface area contributed by atoms with E-state index in [1.54, 1.807) is 30.5 Å². The Labute approximate surface area is 192 Å². The van der Waals surface area contributed by atoms with Gasteiger partial charge in [-0.1, -0.05) is 37.5 Å². The summed E-state index contributed by atoms with van der Waals surface area (Å²) in [6.45, 7) is 0. The molecular formula is C22H25N5O4S2. The van der Waals surface area contributed by atoms with Crippen molar-refractivity contribution in [2.45, 2.75) is 43.0 Å². The van der Waals surface area contributed by atoms with Crippen LogP contribution in [0.15, 0.2) is 53.7 Å². The molecule has 1 fully saturated rings. The lowest BCUT2D eigenvalue weighted by molar-refractivity contribution is 0.287. The number of aromatic amines is 1. The highest BCUT2D eigenvalue weighted by Crippen LogP contribution is 2.35. The summed E-state index contributed by atoms with van der Waals surface area (Å²) < 4.78 is 54.4. The van der Waals surface area contributed by atoms with Crippen molar-refractivity contribution in [3.8, 4) is 0 Å². The fraction of sp³-hybridized carbons (Fsp3) is 0.364. The van der Waals surface area contributed by atoms with Crippen LogP contribution in [0.25, 0.3) is 22.1 Å². The molecule has 1 unspecified atom stereocenters. The molecule has 0 amide bonds. The highest BCUT2D eigenvalue weighted by Gasteiger charge is 2.30. The summed E-state index contributed by atoms with van der Waals surface area (Å²) in [5, 5.41) is 0.580. The Morgan fingerprint density at radius 1 is 1.06 bits per heavy atom. The number of aromatic nitrogens is 4. The van der Waals surface area contributed by atoms with E-state index in [4.69, 9.17) is 4.98 Å². The number of nitrogens with zero attached hydrogens (tertiary/aromatic N) is 3. The maximum Gasteiger partial charge on any atom is 0.269 e. The molecule has 1 saturated carbocycles. The van der Waals surface area contributed by atoms with E-state index < -0.39 is 26.1 Å². The zero-order chi connectivity index (χ0) is 23.2. The lowest BCUT2D eigenvalue weighted by Crippen LogP contribution is -2.34. The van der Waals surface area contributed by atoms with Gasteiger partial charge in [0.2, 0.25) is 10.0 Å². The lowest BCUT2D eigenvalue weighted by Gasteiger charge is -2.29. The molecule has 0 bridgehead atoms. The Kier molecular flexibility index (Phi) is 5.50. The number of benzene rings is 1. The number of sulfonamides is 1. The van der Waals surface area contributed by atoms with Gasteiger partial charge in [0.15, 0.2) is 5.65 Å². The Morgan fingerprint density at radius 3 is 2.48 bits per heavy atom. The predicted molar refractivity (Wildman–Crippen MR) is 126 cm³/mol. The Bertz CT molecular complexity index is 1520. The van der Waals surface area contributed by atoms with Crippen molar-refractivity contribution >= 4 is 42.1 Å². The van der Waals surface area contributed by atoms with E-state index in [2.05, 4.69) is 14.7 Å². The molecule has 2 N–H and O–H groups in total. The Balaban J connectivity index is 1.61. The lowest BCUT2D eigenvalue weighted by atomic mass is 9.84. The Hall–Kier alpha value is -2.76. The molecule has 0 radical (unpaired) electrons. The van der Waals surface area contributed by atoms with Gasteiger partial charge < -0.3 is 4.98 Å². The second kappa shape index (κ2) is 8.23. The summed E-state index contributed by atoms with van der Waals surface area (Å²) in [4.78, 5) is 12.5. The van der Waals surface area contributed by atoms with Crippen molar-refractivity contribution in [3.63, 3.8) is 0 Å². The van der Waals surface area contributed by atoms with Crippen molar-refractivity contribution in [2.75, 3.05) is 6.26 Å². The molecule has 5 rings (SSSR count). The molecule has 1 aromatic carbocycles. The number of nitrogens with one attached hydrogen (secondary N) is 2. The van der Waals surface area contributed by atoms with Gasteiger partial charge in [0.25, 0.3) is 10.0 Å². The number of hydrogen-bond acceptors (Lipinski definition) is 6. The summed E-state index contributed by atoms with van der Waals surface area (Å²) in [7, 11) is -7.27. The number of pyridine rings is 1. The van der Waals surface area contributed by atoms with E-state index in [1.165, 1.54) is 18.3 Å². The average molecular weight is 488 g/mol. The van der Waals surface area contributed by atoms with Gasteiger partial charge in [0.05, 0.1) is 28.9 Å². The van der Waals surface area contributed by atoms with E-state index in [1.807, 2.05) is 0 Å². The van der Waals surface area contributed by atoms with Crippen molar-refractivity contribution in [1.82, 2.24) is 23.6 Å². The fourth-order valence-electron chi connectivity index (χ4n) is 4.67. The molecule has 1 aliphatic carbocycles. The van der Waals surface area contributed by atoms with Gasteiger partial charge in [-0.05, 0) is 37.0 Å². The van der Waals surface area contributed by atoms with Crippen LogP contribution in [-0.2, 0) is 20.0 Å². The Morgan fingerprint density at radius 2 is 1.79 bits per heavy atom. The molecule has 4 aromatic rings. The zero-order valence-corrected chi connectivity index (χ0v) is 19.7. The van der Waals surface area contributed by atoms with Gasteiger partial charge in [-0.2, -0.15) is 0 Å². The standard InChI is InChI=1S/C22H25N5O4S2/c1-32(28,29)26-19(15-8-4-2-5-9-15)21-24-18-14-23-22-17(20(18)25-21)12-13-27(22)33(30,31)16-10-6-3-7-11-16/h3,6-7,10-15,19,26H,2,4-5,8-9H2,1H3,(H,24,25). The van der Waals surface area contributed by atoms with Crippen LogP contribution in [0.5, 0.6) is 0 Å². The van der Waals surface area contributed by atoms with Crippen LogP contribution in [-0.4, -0.2) is 42.0 Å². The summed E-state index contributed by atoms with van der Waals surface area (Å²) in [6.07, 6.45) is 9.27. The molecule has 9 nitrogen and oxygen atoms in total.